The highest BCUT2D eigenvalue weighted by molar-refractivity contribution is 7.15. The number of benzene rings is 2. The minimum absolute atomic E-state index is 0.239. The summed E-state index contributed by atoms with van der Waals surface area (Å²) in [4.78, 5) is 12.7. The van der Waals surface area contributed by atoms with Crippen molar-refractivity contribution >= 4 is 34.0 Å². The summed E-state index contributed by atoms with van der Waals surface area (Å²) in [6, 6.07) is 18.8. The lowest BCUT2D eigenvalue weighted by Gasteiger charge is -2.03. The van der Waals surface area contributed by atoms with Crippen molar-refractivity contribution in [2.75, 3.05) is 5.32 Å². The zero-order valence-corrected chi connectivity index (χ0v) is 16.9. The van der Waals surface area contributed by atoms with Crippen molar-refractivity contribution in [3.8, 4) is 11.4 Å². The maximum Gasteiger partial charge on any atom is 0.262 e. The maximum atomic E-state index is 12.7. The second-order valence-corrected chi connectivity index (χ2v) is 7.48. The second-order valence-electron chi connectivity index (χ2n) is 6.06. The van der Waals surface area contributed by atoms with E-state index >= 15 is 0 Å². The van der Waals surface area contributed by atoms with E-state index in [-0.39, 0.29) is 17.7 Å². The van der Waals surface area contributed by atoms with E-state index in [1.165, 1.54) is 16.0 Å². The van der Waals surface area contributed by atoms with Crippen LogP contribution in [0.25, 0.3) is 5.69 Å². The quantitative estimate of drug-likeness (QED) is 0.491. The van der Waals surface area contributed by atoms with Crippen molar-refractivity contribution in [2.24, 2.45) is 0 Å². The average Bonchev–Trinajstić information content (AvgIpc) is 3.31. The van der Waals surface area contributed by atoms with E-state index in [1.807, 2.05) is 60.7 Å². The molecule has 1 N–H and O–H groups in total. The zero-order chi connectivity index (χ0) is 20.2. The number of hydrogen-bond acceptors (Lipinski definition) is 6. The summed E-state index contributed by atoms with van der Waals surface area (Å²) in [6.45, 7) is 2.00. The fraction of sp³-hybridized carbons (Fsp3) is 0.100. The molecule has 0 spiro atoms. The van der Waals surface area contributed by atoms with Crippen LogP contribution in [0.4, 0.5) is 5.13 Å². The molecule has 0 saturated heterocycles. The van der Waals surface area contributed by atoms with Gasteiger partial charge >= 0.3 is 0 Å². The van der Waals surface area contributed by atoms with Crippen LogP contribution in [0.2, 0.25) is 5.15 Å². The van der Waals surface area contributed by atoms with Crippen LogP contribution >= 0.6 is 22.9 Å². The fourth-order valence-electron chi connectivity index (χ4n) is 2.68. The molecule has 0 aliphatic carbocycles. The first kappa shape index (κ1) is 19.1. The smallest absolute Gasteiger partial charge is 0.262 e. The number of amides is 1. The highest BCUT2D eigenvalue weighted by atomic mass is 35.5. The Morgan fingerprint density at radius 3 is 2.52 bits per heavy atom. The number of hydrogen-bond donors (Lipinski definition) is 1. The highest BCUT2D eigenvalue weighted by Gasteiger charge is 2.22. The molecular formula is C20H16ClN5O2S. The Balaban J connectivity index is 1.46. The van der Waals surface area contributed by atoms with Crippen LogP contribution in [-0.4, -0.2) is 25.9 Å². The number of halogens is 1. The van der Waals surface area contributed by atoms with Crippen molar-refractivity contribution in [3.63, 3.8) is 0 Å². The number of nitrogens with zero attached hydrogens (tertiary/aromatic N) is 4. The SMILES string of the molecule is Cc1nn(-c2ccccc2)c(Cl)c1C(=O)Nc1nnc(COc2ccccc2)s1. The Labute approximate surface area is 175 Å². The van der Waals surface area contributed by atoms with Crippen molar-refractivity contribution in [3.05, 3.63) is 82.1 Å². The summed E-state index contributed by atoms with van der Waals surface area (Å²) in [5.41, 5.74) is 1.59. The van der Waals surface area contributed by atoms with Gasteiger partial charge in [0, 0.05) is 0 Å². The number of para-hydroxylation sites is 2. The van der Waals surface area contributed by atoms with Gasteiger partial charge in [0.2, 0.25) is 5.13 Å². The van der Waals surface area contributed by atoms with E-state index in [0.29, 0.717) is 21.4 Å². The number of nitrogens with one attached hydrogen (secondary N) is 1. The predicted molar refractivity (Wildman–Crippen MR) is 112 cm³/mol. The molecule has 0 saturated carbocycles. The van der Waals surface area contributed by atoms with Gasteiger partial charge in [-0.05, 0) is 31.2 Å². The molecule has 4 rings (SSSR count). The molecule has 2 aromatic heterocycles. The van der Waals surface area contributed by atoms with E-state index in [1.54, 1.807) is 6.92 Å². The van der Waals surface area contributed by atoms with Crippen LogP contribution in [0.15, 0.2) is 60.7 Å². The molecule has 0 fully saturated rings. The number of aromatic nitrogens is 4. The van der Waals surface area contributed by atoms with E-state index in [9.17, 15) is 4.79 Å². The Bertz CT molecular complexity index is 1130. The molecule has 1 amide bonds. The largest absolute Gasteiger partial charge is 0.486 e. The highest BCUT2D eigenvalue weighted by Crippen LogP contribution is 2.25. The van der Waals surface area contributed by atoms with E-state index < -0.39 is 0 Å². The summed E-state index contributed by atoms with van der Waals surface area (Å²) in [6.07, 6.45) is 0. The van der Waals surface area contributed by atoms with Crippen LogP contribution in [0.1, 0.15) is 21.1 Å². The van der Waals surface area contributed by atoms with Gasteiger partial charge in [0.15, 0.2) is 5.01 Å². The van der Waals surface area contributed by atoms with Crippen molar-refractivity contribution in [2.45, 2.75) is 13.5 Å². The number of rotatable bonds is 6. The van der Waals surface area contributed by atoms with Crippen LogP contribution < -0.4 is 10.1 Å². The van der Waals surface area contributed by atoms with E-state index in [4.69, 9.17) is 16.3 Å². The van der Waals surface area contributed by atoms with E-state index in [0.717, 1.165) is 11.4 Å². The molecule has 9 heteroatoms. The predicted octanol–water partition coefficient (Wildman–Crippen LogP) is 4.52. The molecule has 0 aliphatic rings. The molecule has 4 aromatic rings. The third-order valence-corrected chi connectivity index (χ3v) is 5.19. The summed E-state index contributed by atoms with van der Waals surface area (Å²) < 4.78 is 7.18. The lowest BCUT2D eigenvalue weighted by atomic mass is 10.2. The standard InChI is InChI=1S/C20H16ClN5O2S/c1-13-17(18(21)26(25-13)14-8-4-2-5-9-14)19(27)22-20-24-23-16(29-20)12-28-15-10-6-3-7-11-15/h2-11H,12H2,1H3,(H,22,24,27). The molecule has 0 radical (unpaired) electrons. The van der Waals surface area contributed by atoms with Crippen LogP contribution in [0, 0.1) is 6.92 Å². The second kappa shape index (κ2) is 8.42. The molecule has 0 atom stereocenters. The first-order valence-electron chi connectivity index (χ1n) is 8.74. The normalized spacial score (nSPS) is 10.7. The monoisotopic (exact) mass is 425 g/mol. The maximum absolute atomic E-state index is 12.7. The van der Waals surface area contributed by atoms with Crippen LogP contribution in [-0.2, 0) is 6.61 Å². The Morgan fingerprint density at radius 1 is 1.10 bits per heavy atom. The molecule has 146 valence electrons. The molecule has 0 unspecified atom stereocenters. The lowest BCUT2D eigenvalue weighted by Crippen LogP contribution is -2.13. The van der Waals surface area contributed by atoms with Crippen molar-refractivity contribution < 1.29 is 9.53 Å². The van der Waals surface area contributed by atoms with Gasteiger partial charge < -0.3 is 4.74 Å². The fourth-order valence-corrected chi connectivity index (χ4v) is 3.69. The van der Waals surface area contributed by atoms with Crippen LogP contribution in [0.3, 0.4) is 0 Å². The van der Waals surface area contributed by atoms with Gasteiger partial charge in [0.05, 0.1) is 11.4 Å². The number of carbonyl (C=O) groups excluding carboxylic acids is 1. The third-order valence-electron chi connectivity index (χ3n) is 4.02. The molecule has 0 bridgehead atoms. The molecular weight excluding hydrogens is 410 g/mol. The first-order valence-corrected chi connectivity index (χ1v) is 9.93. The van der Waals surface area contributed by atoms with E-state index in [2.05, 4.69) is 20.6 Å². The third kappa shape index (κ3) is 4.28. The number of anilines is 1. The number of aryl methyl sites for hydroxylation is 1. The minimum Gasteiger partial charge on any atom is -0.486 e. The lowest BCUT2D eigenvalue weighted by molar-refractivity contribution is 0.102. The summed E-state index contributed by atoms with van der Waals surface area (Å²) in [5, 5.41) is 16.4. The summed E-state index contributed by atoms with van der Waals surface area (Å²) in [7, 11) is 0. The van der Waals surface area contributed by atoms with Crippen LogP contribution in [0.5, 0.6) is 5.75 Å². The molecule has 2 heterocycles. The van der Waals surface area contributed by atoms with Gasteiger partial charge in [0.1, 0.15) is 23.1 Å². The number of ether oxygens (including phenoxy) is 1. The molecule has 0 aliphatic heterocycles. The van der Waals surface area contributed by atoms with Crippen molar-refractivity contribution in [1.29, 1.82) is 0 Å². The van der Waals surface area contributed by atoms with Gasteiger partial charge in [-0.3, -0.25) is 10.1 Å². The molecule has 7 nitrogen and oxygen atoms in total. The minimum atomic E-state index is -0.388. The van der Waals surface area contributed by atoms with Gasteiger partial charge in [-0.25, -0.2) is 4.68 Å². The topological polar surface area (TPSA) is 81.9 Å². The molecule has 2 aromatic carbocycles. The van der Waals surface area contributed by atoms with Gasteiger partial charge in [-0.2, -0.15) is 5.10 Å². The Kier molecular flexibility index (Phi) is 5.55. The number of carbonyl (C=O) groups is 1. The summed E-state index contributed by atoms with van der Waals surface area (Å²) in [5.74, 6) is 0.352. The molecule has 29 heavy (non-hydrogen) atoms. The van der Waals surface area contributed by atoms with Gasteiger partial charge in [-0.1, -0.05) is 59.3 Å². The zero-order valence-electron chi connectivity index (χ0n) is 15.4. The summed E-state index contributed by atoms with van der Waals surface area (Å²) >= 11 is 7.68. The Hall–Kier alpha value is -3.23. The Morgan fingerprint density at radius 2 is 1.79 bits per heavy atom. The van der Waals surface area contributed by atoms with Gasteiger partial charge in [-0.15, -0.1) is 10.2 Å². The van der Waals surface area contributed by atoms with Gasteiger partial charge in [0.25, 0.3) is 5.91 Å². The average molecular weight is 426 g/mol. The first-order chi connectivity index (χ1) is 14.1. The van der Waals surface area contributed by atoms with Crippen molar-refractivity contribution in [1.82, 2.24) is 20.0 Å².